The number of azo groups is 3. The fourth-order valence-electron chi connectivity index (χ4n) is 4.85. The molecule has 0 spiro atoms. The van der Waals surface area contributed by atoms with Crippen LogP contribution in [-0.2, 0) is 41.2 Å². The van der Waals surface area contributed by atoms with Crippen molar-refractivity contribution in [1.82, 2.24) is 0 Å². The van der Waals surface area contributed by atoms with Crippen LogP contribution in [0.5, 0.6) is 5.75 Å². The molecule has 0 bridgehead atoms. The molecule has 0 aliphatic rings. The number of ether oxygens (including phenoxy) is 1. The zero-order chi connectivity index (χ0) is 41.2. The molecule has 0 fully saturated rings. The van der Waals surface area contributed by atoms with E-state index >= 15 is 0 Å². The SMILES string of the molecule is C=CS(=O)(=O)c1ccc(OC)c(N=Nc2ccc(N=Nc3cc(S(=O)(=O)O)c(N)c(N=Nc4ccc(C(=C)S(=O)[O-])cc4)c3N)c3cc(S(=O)(=O)O)ccc23)c1. The number of benzene rings is 5. The van der Waals surface area contributed by atoms with Crippen LogP contribution in [0.1, 0.15) is 5.56 Å². The normalized spacial score (nSPS) is 13.1. The van der Waals surface area contributed by atoms with Crippen LogP contribution in [0.2, 0.25) is 0 Å². The number of hydrogen-bond acceptors (Lipinski definition) is 17. The Kier molecular flexibility index (Phi) is 11.7. The van der Waals surface area contributed by atoms with Crippen molar-refractivity contribution in [2.75, 3.05) is 18.6 Å². The number of methoxy groups -OCH3 is 1. The molecule has 1 unspecified atom stereocenters. The van der Waals surface area contributed by atoms with Gasteiger partial charge >= 0.3 is 0 Å². The number of fused-ring (bicyclic) bond motifs is 1. The summed E-state index contributed by atoms with van der Waals surface area (Å²) in [7, 11) is -12.3. The van der Waals surface area contributed by atoms with Gasteiger partial charge in [0.2, 0.25) is 0 Å². The van der Waals surface area contributed by atoms with Crippen LogP contribution in [0, 0.1) is 0 Å². The first-order chi connectivity index (χ1) is 26.2. The first kappa shape index (κ1) is 41.1. The highest BCUT2D eigenvalue weighted by molar-refractivity contribution is 7.94. The van der Waals surface area contributed by atoms with Gasteiger partial charge in [-0.15, -0.1) is 25.6 Å². The molecule has 23 heteroatoms. The largest absolute Gasteiger partial charge is 0.768 e. The quantitative estimate of drug-likeness (QED) is 0.0386. The topological polar surface area (TPSA) is 318 Å². The highest BCUT2D eigenvalue weighted by Gasteiger charge is 2.23. The summed E-state index contributed by atoms with van der Waals surface area (Å²) < 4.78 is 121. The van der Waals surface area contributed by atoms with E-state index in [0.29, 0.717) is 0 Å². The van der Waals surface area contributed by atoms with E-state index in [0.717, 1.165) is 23.6 Å². The highest BCUT2D eigenvalue weighted by Crippen LogP contribution is 2.44. The number of nitrogens with zero attached hydrogens (tertiary/aromatic N) is 6. The van der Waals surface area contributed by atoms with Gasteiger partial charge < -0.3 is 20.8 Å². The summed E-state index contributed by atoms with van der Waals surface area (Å²) in [4.78, 5) is -1.71. The lowest BCUT2D eigenvalue weighted by molar-refractivity contribution is 0.415. The molecule has 0 aliphatic carbocycles. The van der Waals surface area contributed by atoms with E-state index in [4.69, 9.17) is 16.2 Å². The van der Waals surface area contributed by atoms with Crippen molar-refractivity contribution in [3.63, 3.8) is 0 Å². The molecular formula is C33H27N8O11S4-. The standard InChI is InChI=1S/C33H28N8O11S4/c1-4-54(44,45)21-10-14-29(52-3)27(16-21)39-37-25-12-13-26(24-15-22(55(46,47)48)9-11-23(24)25)38-40-28-17-30(56(49,50)51)32(35)33(31(28)34)41-36-20-7-5-19(6-8-20)18(2)53(42)43/h4-17H,1-2,34-35H2,3H3,(H,42,43)(H,46,47,48)(H,49,50,51)/p-1. The van der Waals surface area contributed by atoms with Crippen molar-refractivity contribution in [1.29, 1.82) is 0 Å². The van der Waals surface area contributed by atoms with Gasteiger partial charge in [-0.2, -0.15) is 21.9 Å². The monoisotopic (exact) mass is 839 g/mol. The van der Waals surface area contributed by atoms with Crippen molar-refractivity contribution in [2.24, 2.45) is 30.7 Å². The third kappa shape index (κ3) is 8.89. The number of nitrogen functional groups attached to an aromatic ring is 2. The molecule has 0 saturated heterocycles. The summed E-state index contributed by atoms with van der Waals surface area (Å²) in [6.07, 6.45) is 0. The van der Waals surface area contributed by atoms with E-state index in [9.17, 15) is 43.1 Å². The number of anilines is 2. The predicted molar refractivity (Wildman–Crippen MR) is 206 cm³/mol. The highest BCUT2D eigenvalue weighted by atomic mass is 32.2. The molecule has 0 amide bonds. The first-order valence-electron chi connectivity index (χ1n) is 15.2. The lowest BCUT2D eigenvalue weighted by Gasteiger charge is -2.11. The van der Waals surface area contributed by atoms with Gasteiger partial charge in [0.25, 0.3) is 20.2 Å². The van der Waals surface area contributed by atoms with Crippen molar-refractivity contribution in [2.45, 2.75) is 14.7 Å². The Morgan fingerprint density at radius 2 is 1.30 bits per heavy atom. The van der Waals surface area contributed by atoms with Crippen molar-refractivity contribution >= 4 is 102 Å². The Hall–Kier alpha value is -6.08. The minimum absolute atomic E-state index is 0.0168. The van der Waals surface area contributed by atoms with E-state index in [-0.39, 0.29) is 66.0 Å². The summed E-state index contributed by atoms with van der Waals surface area (Å²) in [6.45, 7) is 6.76. The molecule has 1 atom stereocenters. The van der Waals surface area contributed by atoms with Crippen molar-refractivity contribution < 1.29 is 47.9 Å². The summed E-state index contributed by atoms with van der Waals surface area (Å²) >= 11 is -2.57. The number of hydrogen-bond donors (Lipinski definition) is 4. The average molecular weight is 840 g/mol. The minimum atomic E-state index is -5.01. The van der Waals surface area contributed by atoms with E-state index in [1.165, 1.54) is 67.8 Å². The number of sulfone groups is 1. The van der Waals surface area contributed by atoms with Crippen LogP contribution in [0.25, 0.3) is 15.7 Å². The van der Waals surface area contributed by atoms with Crippen molar-refractivity contribution in [3.05, 3.63) is 103 Å². The van der Waals surface area contributed by atoms with Gasteiger partial charge in [-0.05, 0) is 77.3 Å². The second kappa shape index (κ2) is 16.0. The average Bonchev–Trinajstić information content (AvgIpc) is 3.15. The third-order valence-corrected chi connectivity index (χ3v) is 11.5. The maximum Gasteiger partial charge on any atom is 0.296 e. The second-order valence-corrected chi connectivity index (χ2v) is 16.8. The molecule has 6 N–H and O–H groups in total. The van der Waals surface area contributed by atoms with Gasteiger partial charge in [-0.3, -0.25) is 13.3 Å². The van der Waals surface area contributed by atoms with Gasteiger partial charge in [0.05, 0.1) is 45.3 Å². The zero-order valence-electron chi connectivity index (χ0n) is 28.5. The summed E-state index contributed by atoms with van der Waals surface area (Å²) in [6, 6.07) is 16.4. The number of nitrogens with two attached hydrogens (primary N) is 2. The van der Waals surface area contributed by atoms with E-state index in [1.807, 2.05) is 0 Å². The van der Waals surface area contributed by atoms with Crippen LogP contribution in [0.3, 0.4) is 0 Å². The Balaban J connectivity index is 1.62. The summed E-state index contributed by atoms with van der Waals surface area (Å²) in [5.41, 5.74) is 11.0. The molecule has 5 aromatic carbocycles. The predicted octanol–water partition coefficient (Wildman–Crippen LogP) is 7.52. The fraction of sp³-hybridized carbons (Fsp3) is 0.0303. The summed E-state index contributed by atoms with van der Waals surface area (Å²) in [5.74, 6) is 0.170. The molecule has 5 aromatic rings. The van der Waals surface area contributed by atoms with E-state index in [1.54, 1.807) is 0 Å². The summed E-state index contributed by atoms with van der Waals surface area (Å²) in [5, 5.41) is 25.4. The lowest BCUT2D eigenvalue weighted by Crippen LogP contribution is -2.05. The molecule has 0 aromatic heterocycles. The molecule has 56 heavy (non-hydrogen) atoms. The number of rotatable bonds is 13. The zero-order valence-corrected chi connectivity index (χ0v) is 31.8. The molecular weight excluding hydrogens is 813 g/mol. The maximum atomic E-state index is 12.4. The van der Waals surface area contributed by atoms with Crippen molar-refractivity contribution in [3.8, 4) is 5.75 Å². The first-order valence-corrected chi connectivity index (χ1v) is 20.7. The van der Waals surface area contributed by atoms with E-state index < -0.39 is 62.3 Å². The van der Waals surface area contributed by atoms with Gasteiger partial charge in [-0.1, -0.05) is 31.4 Å². The Morgan fingerprint density at radius 1 is 0.714 bits per heavy atom. The van der Waals surface area contributed by atoms with E-state index in [2.05, 4.69) is 43.8 Å². The molecule has 19 nitrogen and oxygen atoms in total. The maximum absolute atomic E-state index is 12.4. The van der Waals surface area contributed by atoms with Crippen LogP contribution >= 0.6 is 0 Å². The van der Waals surface area contributed by atoms with Gasteiger partial charge in [0.1, 0.15) is 27.7 Å². The van der Waals surface area contributed by atoms with Gasteiger partial charge in [0.15, 0.2) is 9.84 Å². The molecule has 0 aliphatic heterocycles. The molecule has 0 radical (unpaired) electrons. The fourth-order valence-corrected chi connectivity index (χ4v) is 7.05. The third-order valence-electron chi connectivity index (χ3n) is 7.72. The van der Waals surface area contributed by atoms with Crippen LogP contribution in [0.15, 0.2) is 143 Å². The van der Waals surface area contributed by atoms with Gasteiger partial charge in [0, 0.05) is 21.1 Å². The molecule has 5 rings (SSSR count). The van der Waals surface area contributed by atoms with Crippen LogP contribution < -0.4 is 16.2 Å². The smallest absolute Gasteiger partial charge is 0.296 e. The van der Waals surface area contributed by atoms with Gasteiger partial charge in [-0.25, -0.2) is 8.42 Å². The second-order valence-electron chi connectivity index (χ2n) is 11.2. The lowest BCUT2D eigenvalue weighted by atomic mass is 10.1. The minimum Gasteiger partial charge on any atom is -0.768 e. The Labute approximate surface area is 321 Å². The molecule has 0 saturated carbocycles. The Bertz CT molecular complexity index is 2900. The molecule has 0 heterocycles. The Morgan fingerprint density at radius 3 is 1.88 bits per heavy atom. The van der Waals surface area contributed by atoms with Crippen LogP contribution in [0.4, 0.5) is 45.5 Å². The molecule has 290 valence electrons. The van der Waals surface area contributed by atoms with Crippen LogP contribution in [-0.4, -0.2) is 50.2 Å².